The maximum atomic E-state index is 5.97. The number of fused-ring (bicyclic) bond motifs is 5. The van der Waals surface area contributed by atoms with E-state index in [1.165, 1.54) is 33.5 Å². The molecule has 2 aromatic rings. The minimum Gasteiger partial charge on any atom is -0.493 e. The van der Waals surface area contributed by atoms with Gasteiger partial charge >= 0.3 is 0 Å². The summed E-state index contributed by atoms with van der Waals surface area (Å²) in [6.07, 6.45) is 1.08. The topological polar surface area (TPSA) is 21.3 Å². The van der Waals surface area contributed by atoms with Gasteiger partial charge in [0.1, 0.15) is 5.75 Å². The Labute approximate surface area is 138 Å². The molecule has 1 N–H and O–H groups in total. The molecule has 23 heavy (non-hydrogen) atoms. The maximum absolute atomic E-state index is 5.97. The monoisotopic (exact) mass is 307 g/mol. The molecule has 0 bridgehead atoms. The summed E-state index contributed by atoms with van der Waals surface area (Å²) in [4.78, 5) is 0. The third-order valence-corrected chi connectivity index (χ3v) is 6.13. The summed E-state index contributed by atoms with van der Waals surface area (Å²) < 4.78 is 5.97. The van der Waals surface area contributed by atoms with Gasteiger partial charge in [0.25, 0.3) is 0 Å². The first-order valence-electron chi connectivity index (χ1n) is 8.56. The Kier molecular flexibility index (Phi) is 2.88. The number of anilines is 1. The third kappa shape index (κ3) is 1.64. The zero-order valence-corrected chi connectivity index (χ0v) is 14.7. The van der Waals surface area contributed by atoms with Gasteiger partial charge in [0.05, 0.1) is 12.1 Å². The van der Waals surface area contributed by atoms with Crippen LogP contribution in [-0.4, -0.2) is 6.61 Å². The molecule has 2 heteroatoms. The van der Waals surface area contributed by atoms with Crippen molar-refractivity contribution in [1.29, 1.82) is 0 Å². The normalized spacial score (nSPS) is 27.2. The van der Waals surface area contributed by atoms with E-state index in [0.717, 1.165) is 12.2 Å². The lowest BCUT2D eigenvalue weighted by atomic mass is 9.69. The van der Waals surface area contributed by atoms with Gasteiger partial charge in [0.2, 0.25) is 0 Å². The Hall–Kier alpha value is -1.96. The molecule has 2 aliphatic rings. The van der Waals surface area contributed by atoms with Crippen LogP contribution in [0.3, 0.4) is 0 Å². The van der Waals surface area contributed by atoms with E-state index in [1.807, 2.05) is 0 Å². The molecule has 0 spiro atoms. The fourth-order valence-electron chi connectivity index (χ4n) is 4.97. The highest BCUT2D eigenvalue weighted by Crippen LogP contribution is 2.61. The van der Waals surface area contributed by atoms with Crippen molar-refractivity contribution in [2.24, 2.45) is 0 Å². The SMILES string of the molecule is CCOc1c(C)cc2c(c1C)C1(C)Cc3ccccc3C1(C)N2. The van der Waals surface area contributed by atoms with E-state index in [0.29, 0.717) is 6.61 Å². The zero-order chi connectivity index (χ0) is 16.4. The second-order valence-electron chi connectivity index (χ2n) is 7.42. The van der Waals surface area contributed by atoms with Crippen molar-refractivity contribution in [3.63, 3.8) is 0 Å². The Bertz CT molecular complexity index is 810. The van der Waals surface area contributed by atoms with Crippen molar-refractivity contribution in [3.05, 3.63) is 58.1 Å². The first-order chi connectivity index (χ1) is 10.9. The highest BCUT2D eigenvalue weighted by Gasteiger charge is 2.58. The van der Waals surface area contributed by atoms with Crippen molar-refractivity contribution in [2.75, 3.05) is 11.9 Å². The lowest BCUT2D eigenvalue weighted by molar-refractivity contribution is 0.324. The van der Waals surface area contributed by atoms with Crippen LogP contribution in [0.25, 0.3) is 0 Å². The largest absolute Gasteiger partial charge is 0.493 e. The number of hydrogen-bond donors (Lipinski definition) is 1. The summed E-state index contributed by atoms with van der Waals surface area (Å²) in [6.45, 7) is 11.9. The summed E-state index contributed by atoms with van der Waals surface area (Å²) in [5.41, 5.74) is 8.16. The molecule has 0 fully saturated rings. The number of rotatable bonds is 2. The molecule has 1 aliphatic heterocycles. The van der Waals surface area contributed by atoms with Gasteiger partial charge in [-0.2, -0.15) is 0 Å². The summed E-state index contributed by atoms with van der Waals surface area (Å²) in [5.74, 6) is 1.06. The van der Waals surface area contributed by atoms with E-state index in [1.54, 1.807) is 0 Å². The molecule has 0 amide bonds. The van der Waals surface area contributed by atoms with Crippen LogP contribution in [0.15, 0.2) is 30.3 Å². The van der Waals surface area contributed by atoms with Gasteiger partial charge in [0.15, 0.2) is 0 Å². The zero-order valence-electron chi connectivity index (χ0n) is 14.7. The van der Waals surface area contributed by atoms with E-state index in [-0.39, 0.29) is 11.0 Å². The molecular formula is C21H25NO. The average molecular weight is 307 g/mol. The standard InChI is InChI=1S/C21H25NO/c1-6-23-19-13(2)11-17-18(14(19)3)20(4)12-15-9-7-8-10-16(15)21(20,5)22-17/h7-11,22H,6,12H2,1-5H3. The molecule has 1 heterocycles. The molecule has 1 aliphatic carbocycles. The van der Waals surface area contributed by atoms with Crippen LogP contribution >= 0.6 is 0 Å². The molecule has 4 rings (SSSR count). The number of ether oxygens (including phenoxy) is 1. The summed E-state index contributed by atoms with van der Waals surface area (Å²) >= 11 is 0. The summed E-state index contributed by atoms with van der Waals surface area (Å²) in [7, 11) is 0. The van der Waals surface area contributed by atoms with Crippen LogP contribution < -0.4 is 10.1 Å². The number of aryl methyl sites for hydroxylation is 1. The first kappa shape index (κ1) is 14.6. The Balaban J connectivity index is 1.96. The van der Waals surface area contributed by atoms with Gasteiger partial charge in [-0.15, -0.1) is 0 Å². The minimum absolute atomic E-state index is 0.0477. The Morgan fingerprint density at radius 1 is 1.17 bits per heavy atom. The molecule has 0 saturated heterocycles. The van der Waals surface area contributed by atoms with Crippen LogP contribution in [0.1, 0.15) is 48.6 Å². The van der Waals surface area contributed by atoms with Crippen LogP contribution in [0.5, 0.6) is 5.75 Å². The van der Waals surface area contributed by atoms with E-state index < -0.39 is 0 Å². The Morgan fingerprint density at radius 2 is 1.91 bits per heavy atom. The lowest BCUT2D eigenvalue weighted by Gasteiger charge is -2.36. The summed E-state index contributed by atoms with van der Waals surface area (Å²) in [5, 5.41) is 3.86. The lowest BCUT2D eigenvalue weighted by Crippen LogP contribution is -2.42. The number of benzene rings is 2. The first-order valence-corrected chi connectivity index (χ1v) is 8.56. The van der Waals surface area contributed by atoms with Gasteiger partial charge in [-0.1, -0.05) is 31.2 Å². The Morgan fingerprint density at radius 3 is 2.65 bits per heavy atom. The maximum Gasteiger partial charge on any atom is 0.125 e. The highest BCUT2D eigenvalue weighted by atomic mass is 16.5. The molecule has 0 radical (unpaired) electrons. The second-order valence-corrected chi connectivity index (χ2v) is 7.42. The number of hydrogen-bond acceptors (Lipinski definition) is 2. The van der Waals surface area contributed by atoms with Crippen molar-refractivity contribution in [2.45, 2.75) is 52.0 Å². The van der Waals surface area contributed by atoms with Gasteiger partial charge < -0.3 is 10.1 Å². The van der Waals surface area contributed by atoms with Crippen LogP contribution in [0.2, 0.25) is 0 Å². The fraction of sp³-hybridized carbons (Fsp3) is 0.429. The van der Waals surface area contributed by atoms with Crippen molar-refractivity contribution >= 4 is 5.69 Å². The van der Waals surface area contributed by atoms with E-state index >= 15 is 0 Å². The van der Waals surface area contributed by atoms with Gasteiger partial charge in [-0.25, -0.2) is 0 Å². The minimum atomic E-state index is -0.0477. The van der Waals surface area contributed by atoms with Crippen LogP contribution in [0.4, 0.5) is 5.69 Å². The predicted molar refractivity (Wildman–Crippen MR) is 95.6 cm³/mol. The number of nitrogens with one attached hydrogen (secondary N) is 1. The van der Waals surface area contributed by atoms with Crippen LogP contribution in [-0.2, 0) is 17.4 Å². The molecule has 0 aromatic heterocycles. The molecule has 2 unspecified atom stereocenters. The average Bonchev–Trinajstić information content (AvgIpc) is 2.85. The fourth-order valence-corrected chi connectivity index (χ4v) is 4.97. The molecule has 2 aromatic carbocycles. The third-order valence-electron chi connectivity index (χ3n) is 6.13. The molecular weight excluding hydrogens is 282 g/mol. The second kappa shape index (κ2) is 4.53. The molecule has 2 nitrogen and oxygen atoms in total. The van der Waals surface area contributed by atoms with E-state index in [9.17, 15) is 0 Å². The van der Waals surface area contributed by atoms with Crippen LogP contribution in [0, 0.1) is 13.8 Å². The summed E-state index contributed by atoms with van der Waals surface area (Å²) in [6, 6.07) is 11.1. The van der Waals surface area contributed by atoms with E-state index in [2.05, 4.69) is 70.3 Å². The van der Waals surface area contributed by atoms with Gasteiger partial charge in [0, 0.05) is 11.1 Å². The van der Waals surface area contributed by atoms with Crippen molar-refractivity contribution in [1.82, 2.24) is 0 Å². The molecule has 0 saturated carbocycles. The molecule has 2 atom stereocenters. The van der Waals surface area contributed by atoms with Gasteiger partial charge in [-0.05, 0) is 68.0 Å². The van der Waals surface area contributed by atoms with Crippen molar-refractivity contribution in [3.8, 4) is 5.75 Å². The van der Waals surface area contributed by atoms with Gasteiger partial charge in [-0.3, -0.25) is 0 Å². The quantitative estimate of drug-likeness (QED) is 0.855. The predicted octanol–water partition coefficient (Wildman–Crippen LogP) is 4.86. The van der Waals surface area contributed by atoms with E-state index in [4.69, 9.17) is 4.74 Å². The van der Waals surface area contributed by atoms with Crippen molar-refractivity contribution < 1.29 is 4.74 Å². The smallest absolute Gasteiger partial charge is 0.125 e. The highest BCUT2D eigenvalue weighted by molar-refractivity contribution is 5.74. The molecule has 120 valence electrons.